The second kappa shape index (κ2) is 5.57. The van der Waals surface area contributed by atoms with Crippen LogP contribution in [0.3, 0.4) is 0 Å². The van der Waals surface area contributed by atoms with E-state index in [4.69, 9.17) is 12.2 Å². The van der Waals surface area contributed by atoms with Crippen LogP contribution in [0.25, 0.3) is 6.08 Å². The lowest BCUT2D eigenvalue weighted by Gasteiger charge is -2.31. The Morgan fingerprint density at radius 1 is 1.05 bits per heavy atom. The van der Waals surface area contributed by atoms with Gasteiger partial charge < -0.3 is 9.80 Å². The van der Waals surface area contributed by atoms with Gasteiger partial charge in [0.2, 0.25) is 0 Å². The van der Waals surface area contributed by atoms with Gasteiger partial charge in [0.05, 0.1) is 5.70 Å². The lowest BCUT2D eigenvalue weighted by atomic mass is 10.0. The Morgan fingerprint density at radius 2 is 1.73 bits per heavy atom. The molecule has 0 atom stereocenters. The molecular weight excluding hydrogens is 294 g/mol. The first-order chi connectivity index (χ1) is 10.6. The maximum atomic E-state index is 12.7. The van der Waals surface area contributed by atoms with E-state index in [9.17, 15) is 4.79 Å². The molecule has 4 nitrogen and oxygen atoms in total. The zero-order valence-electron chi connectivity index (χ0n) is 13.0. The first-order valence-corrected chi connectivity index (χ1v) is 7.89. The van der Waals surface area contributed by atoms with Crippen molar-refractivity contribution >= 4 is 35.0 Å². The molecule has 1 fully saturated rings. The highest BCUT2D eigenvalue weighted by Crippen LogP contribution is 2.34. The van der Waals surface area contributed by atoms with Gasteiger partial charge in [-0.15, -0.1) is 0 Å². The van der Waals surface area contributed by atoms with Gasteiger partial charge in [-0.05, 0) is 43.8 Å². The minimum atomic E-state index is -0.0209. The zero-order chi connectivity index (χ0) is 15.9. The van der Waals surface area contributed by atoms with E-state index in [-0.39, 0.29) is 5.91 Å². The van der Waals surface area contributed by atoms with Crippen LogP contribution in [-0.2, 0) is 4.79 Å². The van der Waals surface area contributed by atoms with Gasteiger partial charge in [-0.1, -0.05) is 24.3 Å². The number of anilines is 1. The number of rotatable bonds is 2. The number of nitrogens with zero attached hydrogens (tertiary/aromatic N) is 3. The molecule has 0 saturated carbocycles. The van der Waals surface area contributed by atoms with Crippen molar-refractivity contribution < 1.29 is 4.79 Å². The number of allylic oxidation sites excluding steroid dienone is 1. The fourth-order valence-electron chi connectivity index (χ4n) is 3.01. The summed E-state index contributed by atoms with van der Waals surface area (Å²) < 4.78 is 0. The van der Waals surface area contributed by atoms with E-state index in [1.54, 1.807) is 4.90 Å². The van der Waals surface area contributed by atoms with Crippen LogP contribution in [0.4, 0.5) is 5.69 Å². The normalized spacial score (nSPS) is 21.0. The molecule has 0 aliphatic carbocycles. The van der Waals surface area contributed by atoms with Gasteiger partial charge in [-0.25, -0.2) is 0 Å². The summed E-state index contributed by atoms with van der Waals surface area (Å²) in [7, 11) is 1.86. The highest BCUT2D eigenvalue weighted by Gasteiger charge is 2.38. The third kappa shape index (κ3) is 2.04. The number of amides is 1. The average Bonchev–Trinajstić information content (AvgIpc) is 2.75. The van der Waals surface area contributed by atoms with E-state index in [0.29, 0.717) is 17.4 Å². The van der Waals surface area contributed by atoms with Gasteiger partial charge in [0.15, 0.2) is 5.11 Å². The molecule has 1 amide bonds. The Kier molecular flexibility index (Phi) is 3.74. The van der Waals surface area contributed by atoms with E-state index >= 15 is 0 Å². The maximum Gasteiger partial charge on any atom is 0.278 e. The van der Waals surface area contributed by atoms with Crippen LogP contribution in [0, 0.1) is 0 Å². The fraction of sp³-hybridized carbons (Fsp3) is 0.294. The average molecular weight is 313 g/mol. The summed E-state index contributed by atoms with van der Waals surface area (Å²) in [5, 5.41) is 0.568. The highest BCUT2D eigenvalue weighted by molar-refractivity contribution is 7.80. The largest absolute Gasteiger partial charge is 0.339 e. The summed E-state index contributed by atoms with van der Waals surface area (Å²) in [5.41, 5.74) is 3.85. The number of carbonyl (C=O) groups excluding carboxylic acids is 1. The fourth-order valence-corrected chi connectivity index (χ4v) is 3.31. The molecule has 1 saturated heterocycles. The van der Waals surface area contributed by atoms with Crippen molar-refractivity contribution in [1.82, 2.24) is 9.80 Å². The number of hydrogen-bond acceptors (Lipinski definition) is 3. The number of thiocarbonyl (C=S) groups is 1. The number of hydrogen-bond donors (Lipinski definition) is 0. The summed E-state index contributed by atoms with van der Waals surface area (Å²) in [5.74, 6) is -0.0209. The Morgan fingerprint density at radius 3 is 2.36 bits per heavy atom. The third-order valence-electron chi connectivity index (χ3n) is 4.12. The molecule has 2 heterocycles. The van der Waals surface area contributed by atoms with Crippen LogP contribution in [0.5, 0.6) is 0 Å². The van der Waals surface area contributed by atoms with Crippen molar-refractivity contribution in [3.05, 3.63) is 47.3 Å². The standard InChI is InChI=1S/C17H19N3OS/c1-4-19-13-9-7-6-8-12(13)10-11-14(19)15-16(21)20(5-2)17(22)18(15)3/h6-11H,4-5H2,1-3H3. The Balaban J connectivity index is 2.16. The van der Waals surface area contributed by atoms with Crippen LogP contribution in [0.2, 0.25) is 0 Å². The SMILES string of the molecule is CCN1C(=O)C(=C2C=Cc3ccccc3N2CC)N(C)C1=S. The van der Waals surface area contributed by atoms with Crippen LogP contribution >= 0.6 is 12.2 Å². The van der Waals surface area contributed by atoms with Gasteiger partial charge in [0.1, 0.15) is 5.70 Å². The number of fused-ring (bicyclic) bond motifs is 1. The van der Waals surface area contributed by atoms with E-state index in [0.717, 1.165) is 23.5 Å². The second-order valence-electron chi connectivity index (χ2n) is 5.26. The Bertz CT molecular complexity index is 708. The van der Waals surface area contributed by atoms with Gasteiger partial charge >= 0.3 is 0 Å². The monoisotopic (exact) mass is 313 g/mol. The molecular formula is C17H19N3OS. The summed E-state index contributed by atoms with van der Waals surface area (Å²) in [6.07, 6.45) is 4.07. The number of para-hydroxylation sites is 1. The van der Waals surface area contributed by atoms with Crippen molar-refractivity contribution in [2.24, 2.45) is 0 Å². The number of carbonyl (C=O) groups is 1. The Hall–Kier alpha value is -2.14. The number of likely N-dealkylation sites (N-methyl/N-ethyl adjacent to an activating group) is 3. The third-order valence-corrected chi connectivity index (χ3v) is 4.61. The second-order valence-corrected chi connectivity index (χ2v) is 5.63. The molecule has 2 aliphatic rings. The minimum Gasteiger partial charge on any atom is -0.339 e. The molecule has 114 valence electrons. The van der Waals surface area contributed by atoms with Crippen LogP contribution in [-0.4, -0.2) is 41.0 Å². The summed E-state index contributed by atoms with van der Waals surface area (Å²) >= 11 is 5.39. The smallest absolute Gasteiger partial charge is 0.278 e. The molecule has 3 rings (SSSR count). The van der Waals surface area contributed by atoms with Crippen molar-refractivity contribution in [2.45, 2.75) is 13.8 Å². The molecule has 0 unspecified atom stereocenters. The van der Waals surface area contributed by atoms with E-state index in [1.165, 1.54) is 0 Å². The molecule has 5 heteroatoms. The topological polar surface area (TPSA) is 26.8 Å². The molecule has 0 spiro atoms. The maximum absolute atomic E-state index is 12.7. The highest BCUT2D eigenvalue weighted by atomic mass is 32.1. The van der Waals surface area contributed by atoms with Crippen molar-refractivity contribution in [3.8, 4) is 0 Å². The van der Waals surface area contributed by atoms with E-state index in [1.807, 2.05) is 37.1 Å². The first-order valence-electron chi connectivity index (χ1n) is 7.48. The molecule has 1 aromatic rings. The van der Waals surface area contributed by atoms with E-state index in [2.05, 4.69) is 30.0 Å². The van der Waals surface area contributed by atoms with Crippen molar-refractivity contribution in [2.75, 3.05) is 25.0 Å². The molecule has 2 aliphatic heterocycles. The van der Waals surface area contributed by atoms with Crippen molar-refractivity contribution in [3.63, 3.8) is 0 Å². The van der Waals surface area contributed by atoms with Gasteiger partial charge in [0.25, 0.3) is 5.91 Å². The predicted molar refractivity (Wildman–Crippen MR) is 93.3 cm³/mol. The molecule has 0 N–H and O–H groups in total. The van der Waals surface area contributed by atoms with Gasteiger partial charge in [0, 0.05) is 25.8 Å². The molecule has 0 radical (unpaired) electrons. The lowest BCUT2D eigenvalue weighted by molar-refractivity contribution is -0.122. The minimum absolute atomic E-state index is 0.0209. The summed E-state index contributed by atoms with van der Waals surface area (Å²) in [6, 6.07) is 8.21. The quantitative estimate of drug-likeness (QED) is 0.620. The first kappa shape index (κ1) is 14.8. The van der Waals surface area contributed by atoms with Crippen LogP contribution in [0.1, 0.15) is 19.4 Å². The molecule has 22 heavy (non-hydrogen) atoms. The Labute approximate surface area is 136 Å². The van der Waals surface area contributed by atoms with E-state index < -0.39 is 0 Å². The summed E-state index contributed by atoms with van der Waals surface area (Å²) in [4.78, 5) is 18.3. The molecule has 0 aromatic heterocycles. The van der Waals surface area contributed by atoms with Gasteiger partial charge in [-0.3, -0.25) is 9.69 Å². The van der Waals surface area contributed by atoms with Crippen LogP contribution < -0.4 is 4.90 Å². The molecule has 0 bridgehead atoms. The van der Waals surface area contributed by atoms with Gasteiger partial charge in [-0.2, -0.15) is 0 Å². The zero-order valence-corrected chi connectivity index (χ0v) is 13.9. The molecule has 1 aromatic carbocycles. The summed E-state index contributed by atoms with van der Waals surface area (Å²) in [6.45, 7) is 5.41. The van der Waals surface area contributed by atoms with Crippen molar-refractivity contribution in [1.29, 1.82) is 0 Å². The lowest BCUT2D eigenvalue weighted by Crippen LogP contribution is -2.30. The van der Waals surface area contributed by atoms with Crippen LogP contribution in [0.15, 0.2) is 41.7 Å². The number of benzene rings is 1. The predicted octanol–water partition coefficient (Wildman–Crippen LogP) is 2.83.